The van der Waals surface area contributed by atoms with E-state index in [0.29, 0.717) is 0 Å². The third kappa shape index (κ3) is 6.97. The summed E-state index contributed by atoms with van der Waals surface area (Å²) in [5.41, 5.74) is 6.11. The quantitative estimate of drug-likeness (QED) is 0.243. The van der Waals surface area contributed by atoms with Gasteiger partial charge in [-0.25, -0.2) is 0 Å². The molecule has 0 aromatic heterocycles. The molecule has 3 heterocycles. The van der Waals surface area contributed by atoms with E-state index in [9.17, 15) is 0 Å². The van der Waals surface area contributed by atoms with Gasteiger partial charge in [0.2, 0.25) is 6.79 Å². The molecule has 5 nitrogen and oxygen atoms in total. The molecule has 0 radical (unpaired) electrons. The zero-order chi connectivity index (χ0) is 27.9. The highest BCUT2D eigenvalue weighted by Crippen LogP contribution is 2.39. The van der Waals surface area contributed by atoms with E-state index >= 15 is 0 Å². The summed E-state index contributed by atoms with van der Waals surface area (Å²) in [5, 5.41) is 0. The molecule has 0 unspecified atom stereocenters. The number of rotatable bonds is 10. The maximum Gasteiger partial charge on any atom is 0.231 e. The van der Waals surface area contributed by atoms with Crippen LogP contribution in [0.1, 0.15) is 68.6 Å². The molecule has 0 spiro atoms. The predicted octanol–water partition coefficient (Wildman–Crippen LogP) is 7.50. The summed E-state index contributed by atoms with van der Waals surface area (Å²) < 4.78 is 18.0. The Labute approximate surface area is 245 Å². The minimum absolute atomic E-state index is 0.182. The number of allylic oxidation sites excluding steroid dienone is 1. The Kier molecular flexibility index (Phi) is 9.24. The summed E-state index contributed by atoms with van der Waals surface area (Å²) in [6.45, 7) is 9.33. The Morgan fingerprint density at radius 1 is 0.683 bits per heavy atom. The molecule has 0 aliphatic carbocycles. The van der Waals surface area contributed by atoms with Gasteiger partial charge in [0.15, 0.2) is 11.5 Å². The van der Waals surface area contributed by atoms with Crippen LogP contribution < -0.4 is 14.2 Å². The van der Waals surface area contributed by atoms with E-state index < -0.39 is 0 Å². The minimum Gasteiger partial charge on any atom is -0.488 e. The van der Waals surface area contributed by atoms with Gasteiger partial charge in [-0.2, -0.15) is 0 Å². The first-order valence-corrected chi connectivity index (χ1v) is 15.7. The van der Waals surface area contributed by atoms with Crippen LogP contribution in [0.25, 0.3) is 11.1 Å². The molecule has 0 saturated carbocycles. The van der Waals surface area contributed by atoms with Gasteiger partial charge >= 0.3 is 0 Å². The minimum atomic E-state index is 0.182. The lowest BCUT2D eigenvalue weighted by Crippen LogP contribution is -2.46. The SMILES string of the molecule is CCC(=C(c1ccccc1)c1ccc(OC(CN2CCCCC2)CN2CCCCC2)cc1)c1ccc2c(c1)OCO2. The highest BCUT2D eigenvalue weighted by molar-refractivity contribution is 5.98. The molecule has 2 saturated heterocycles. The van der Waals surface area contributed by atoms with Gasteiger partial charge in [0.25, 0.3) is 0 Å². The van der Waals surface area contributed by atoms with Gasteiger partial charge in [0, 0.05) is 13.1 Å². The van der Waals surface area contributed by atoms with Crippen molar-refractivity contribution in [1.29, 1.82) is 0 Å². The van der Waals surface area contributed by atoms with E-state index in [-0.39, 0.29) is 12.9 Å². The van der Waals surface area contributed by atoms with Crippen molar-refractivity contribution in [3.05, 3.63) is 89.5 Å². The highest BCUT2D eigenvalue weighted by Gasteiger charge is 2.23. The first kappa shape index (κ1) is 27.9. The summed E-state index contributed by atoms with van der Waals surface area (Å²) in [5.74, 6) is 2.59. The smallest absolute Gasteiger partial charge is 0.231 e. The molecule has 3 aliphatic heterocycles. The fourth-order valence-electron chi connectivity index (χ4n) is 6.61. The second-order valence-electron chi connectivity index (χ2n) is 11.6. The van der Waals surface area contributed by atoms with Crippen molar-refractivity contribution >= 4 is 11.1 Å². The normalized spacial score (nSPS) is 18.4. The number of hydrogen-bond acceptors (Lipinski definition) is 5. The Morgan fingerprint density at radius 3 is 1.90 bits per heavy atom. The van der Waals surface area contributed by atoms with Gasteiger partial charge in [0.1, 0.15) is 11.9 Å². The van der Waals surface area contributed by atoms with Crippen molar-refractivity contribution < 1.29 is 14.2 Å². The van der Waals surface area contributed by atoms with Gasteiger partial charge in [-0.3, -0.25) is 9.80 Å². The average Bonchev–Trinajstić information content (AvgIpc) is 3.50. The van der Waals surface area contributed by atoms with Crippen LogP contribution in [-0.4, -0.2) is 62.0 Å². The lowest BCUT2D eigenvalue weighted by molar-refractivity contribution is 0.0766. The van der Waals surface area contributed by atoms with E-state index in [4.69, 9.17) is 14.2 Å². The van der Waals surface area contributed by atoms with Gasteiger partial charge in [-0.1, -0.05) is 68.3 Å². The summed E-state index contributed by atoms with van der Waals surface area (Å²) in [6.07, 6.45) is 9.03. The Bertz CT molecular complexity index is 1270. The Morgan fingerprint density at radius 2 is 1.27 bits per heavy atom. The molecule has 6 rings (SSSR count). The fourth-order valence-corrected chi connectivity index (χ4v) is 6.61. The maximum absolute atomic E-state index is 6.75. The van der Waals surface area contributed by atoms with E-state index in [1.165, 1.54) is 92.5 Å². The van der Waals surface area contributed by atoms with Crippen LogP contribution in [0.5, 0.6) is 17.2 Å². The number of likely N-dealkylation sites (tertiary alicyclic amines) is 2. The van der Waals surface area contributed by atoms with Gasteiger partial charge < -0.3 is 14.2 Å². The molecule has 0 N–H and O–H groups in total. The second kappa shape index (κ2) is 13.6. The molecule has 216 valence electrons. The zero-order valence-electron chi connectivity index (χ0n) is 24.5. The zero-order valence-corrected chi connectivity index (χ0v) is 24.5. The van der Waals surface area contributed by atoms with Crippen molar-refractivity contribution in [2.75, 3.05) is 46.1 Å². The van der Waals surface area contributed by atoms with E-state index in [2.05, 4.69) is 83.5 Å². The predicted molar refractivity (Wildman–Crippen MR) is 167 cm³/mol. The van der Waals surface area contributed by atoms with Crippen molar-refractivity contribution in [1.82, 2.24) is 9.80 Å². The molecule has 3 aromatic rings. The fraction of sp³-hybridized carbons (Fsp3) is 0.444. The van der Waals surface area contributed by atoms with Crippen LogP contribution in [0.4, 0.5) is 0 Å². The van der Waals surface area contributed by atoms with Crippen LogP contribution in [0, 0.1) is 0 Å². The number of nitrogens with zero attached hydrogens (tertiary/aromatic N) is 2. The lowest BCUT2D eigenvalue weighted by Gasteiger charge is -2.34. The van der Waals surface area contributed by atoms with Crippen LogP contribution in [0.2, 0.25) is 0 Å². The standard InChI is InChI=1S/C36H44N2O3/c1-2-33(30-16-19-34-35(24-30)40-27-39-34)36(28-12-6-3-7-13-28)29-14-17-31(18-15-29)41-32(25-37-20-8-4-9-21-37)26-38-22-10-5-11-23-38/h3,6-7,12-19,24,32H,2,4-5,8-11,20-23,25-27H2,1H3. The Balaban J connectivity index is 1.27. The molecular formula is C36H44N2O3. The number of hydrogen-bond donors (Lipinski definition) is 0. The third-order valence-electron chi connectivity index (χ3n) is 8.71. The number of benzene rings is 3. The highest BCUT2D eigenvalue weighted by atomic mass is 16.7. The maximum atomic E-state index is 6.75. The van der Waals surface area contributed by atoms with Gasteiger partial charge in [-0.15, -0.1) is 0 Å². The van der Waals surface area contributed by atoms with Gasteiger partial charge in [-0.05, 0) is 110 Å². The molecule has 0 bridgehead atoms. The van der Waals surface area contributed by atoms with Crippen molar-refractivity contribution in [2.45, 2.75) is 58.0 Å². The second-order valence-corrected chi connectivity index (χ2v) is 11.6. The molecular weight excluding hydrogens is 508 g/mol. The third-order valence-corrected chi connectivity index (χ3v) is 8.71. The summed E-state index contributed by atoms with van der Waals surface area (Å²) in [7, 11) is 0. The average molecular weight is 553 g/mol. The van der Waals surface area contributed by atoms with Crippen LogP contribution in [0.15, 0.2) is 72.8 Å². The van der Waals surface area contributed by atoms with Crippen LogP contribution >= 0.6 is 0 Å². The van der Waals surface area contributed by atoms with Crippen molar-refractivity contribution in [3.63, 3.8) is 0 Å². The monoisotopic (exact) mass is 552 g/mol. The van der Waals surface area contributed by atoms with Crippen molar-refractivity contribution in [2.24, 2.45) is 0 Å². The molecule has 2 fully saturated rings. The molecule has 0 amide bonds. The van der Waals surface area contributed by atoms with E-state index in [1.54, 1.807) is 0 Å². The number of fused-ring (bicyclic) bond motifs is 1. The summed E-state index contributed by atoms with van der Waals surface area (Å²) in [6, 6.07) is 25.8. The molecule has 41 heavy (non-hydrogen) atoms. The summed E-state index contributed by atoms with van der Waals surface area (Å²) >= 11 is 0. The molecule has 3 aliphatic rings. The van der Waals surface area contributed by atoms with Crippen LogP contribution in [0.3, 0.4) is 0 Å². The summed E-state index contributed by atoms with van der Waals surface area (Å²) in [4.78, 5) is 5.23. The molecule has 0 atom stereocenters. The molecule has 3 aromatic carbocycles. The van der Waals surface area contributed by atoms with Crippen molar-refractivity contribution in [3.8, 4) is 17.2 Å². The van der Waals surface area contributed by atoms with E-state index in [1.807, 2.05) is 6.07 Å². The topological polar surface area (TPSA) is 34.2 Å². The lowest BCUT2D eigenvalue weighted by atomic mass is 9.88. The number of ether oxygens (including phenoxy) is 3. The molecule has 5 heteroatoms. The number of piperidine rings is 2. The van der Waals surface area contributed by atoms with Gasteiger partial charge in [0.05, 0.1) is 0 Å². The first-order valence-electron chi connectivity index (χ1n) is 15.7. The first-order chi connectivity index (χ1) is 20.3. The van der Waals surface area contributed by atoms with E-state index in [0.717, 1.165) is 36.8 Å². The Hall–Kier alpha value is -3.28. The largest absolute Gasteiger partial charge is 0.488 e. The van der Waals surface area contributed by atoms with Crippen LogP contribution in [-0.2, 0) is 0 Å².